The van der Waals surface area contributed by atoms with E-state index in [0.29, 0.717) is 33.6 Å². The molecule has 0 radical (unpaired) electrons. The summed E-state index contributed by atoms with van der Waals surface area (Å²) in [5, 5.41) is 53.7. The van der Waals surface area contributed by atoms with E-state index in [0.717, 1.165) is 188 Å². The summed E-state index contributed by atoms with van der Waals surface area (Å²) in [6.07, 6.45) is 0. The molecule has 0 bridgehead atoms. The zero-order chi connectivity index (χ0) is 96.6. The van der Waals surface area contributed by atoms with Crippen molar-refractivity contribution in [3.8, 4) is 125 Å². The third-order valence-corrected chi connectivity index (χ3v) is 28.2. The molecule has 12 heteroatoms. The van der Waals surface area contributed by atoms with Crippen LogP contribution in [0.15, 0.2) is 473 Å². The van der Waals surface area contributed by atoms with E-state index in [1.807, 2.05) is 115 Å². The fourth-order valence-electron chi connectivity index (χ4n) is 21.9. The molecule has 21 aromatic carbocycles. The van der Waals surface area contributed by atoms with Crippen LogP contribution in [0, 0.1) is 58.5 Å². The summed E-state index contributed by atoms with van der Waals surface area (Å²) in [4.78, 5) is 7.58. The van der Waals surface area contributed by atoms with Crippen molar-refractivity contribution in [3.05, 3.63) is 518 Å². The molecule has 0 aliphatic carbocycles. The topological polar surface area (TPSA) is 133 Å². The van der Waals surface area contributed by atoms with Crippen molar-refractivity contribution in [2.75, 3.05) is 0 Å². The smallest absolute Gasteiger partial charge is 0.211 e. The van der Waals surface area contributed by atoms with Gasteiger partial charge in [0.25, 0.3) is 0 Å². The quantitative estimate of drug-likeness (QED) is 0.113. The van der Waals surface area contributed by atoms with Gasteiger partial charge >= 0.3 is 0 Å². The lowest BCUT2D eigenvalue weighted by Gasteiger charge is -2.18. The first-order valence-corrected chi connectivity index (χ1v) is 47.6. The highest BCUT2D eigenvalue weighted by Gasteiger charge is 2.26. The molecule has 12 nitrogen and oxygen atoms in total. The third-order valence-electron chi connectivity index (χ3n) is 28.2. The van der Waals surface area contributed by atoms with Crippen LogP contribution >= 0.6 is 0 Å². The lowest BCUT2D eigenvalue weighted by atomic mass is 9.91. The Labute approximate surface area is 828 Å². The van der Waals surface area contributed by atoms with Gasteiger partial charge in [0.2, 0.25) is 5.69 Å². The number of hydrogen-bond acceptors (Lipinski definition) is 4. The SMILES string of the molecule is N#Cc1ccc(-c2ccc(-n3c4ccccc4c4ccccc43)cc2)c(-c2ccccc2-n2c3ccccc3c3c(C#N)cccc32)c1.[C-]#[N+]c1ccc2c3ccccc3n(-c3ccc(-c4ccc(C#N)cc4-c4ccccc4-n4c5ccccc5c5ccccc54)cc3)c2c1.[C-]#[N+]c1cccc2c3ccccc3n(-c3ccc(-c4ccc(C#N)cc4-c4ccccc4-n4c5ccccc5c5ccccc54)cc3)c12. The van der Waals surface area contributed by atoms with Crippen molar-refractivity contribution in [2.24, 2.45) is 0 Å². The van der Waals surface area contributed by atoms with Gasteiger partial charge < -0.3 is 27.4 Å². The monoisotopic (exact) mass is 1830 g/mol. The molecular weight excluding hydrogens is 1750 g/mol. The van der Waals surface area contributed by atoms with Crippen LogP contribution in [0.2, 0.25) is 0 Å². The van der Waals surface area contributed by atoms with Gasteiger partial charge in [-0.2, -0.15) is 21.0 Å². The van der Waals surface area contributed by atoms with Crippen LogP contribution in [0.1, 0.15) is 22.3 Å². The van der Waals surface area contributed by atoms with Gasteiger partial charge in [-0.05, 0) is 219 Å². The summed E-state index contributed by atoms with van der Waals surface area (Å²) in [7, 11) is 0. The second-order valence-electron chi connectivity index (χ2n) is 35.9. The highest BCUT2D eigenvalue weighted by atomic mass is 15.0. The van der Waals surface area contributed by atoms with Gasteiger partial charge in [0, 0.05) is 98.5 Å². The molecule has 0 spiro atoms. The molecule has 6 heterocycles. The molecule has 27 rings (SSSR count). The van der Waals surface area contributed by atoms with Gasteiger partial charge in [0.05, 0.1) is 137 Å². The summed E-state index contributed by atoms with van der Waals surface area (Å²) in [5.41, 5.74) is 35.2. The third kappa shape index (κ3) is 14.1. The van der Waals surface area contributed by atoms with E-state index in [2.05, 4.69) is 419 Å². The minimum Gasteiger partial charge on any atom is -0.319 e. The average Bonchev–Trinajstić information content (AvgIpc) is 1.56. The molecule has 0 unspecified atom stereocenters. The molecular formula is C132H78N12. The van der Waals surface area contributed by atoms with E-state index in [9.17, 15) is 21.0 Å². The Balaban J connectivity index is 0.000000113. The summed E-state index contributed by atoms with van der Waals surface area (Å²) < 4.78 is 13.7. The largest absolute Gasteiger partial charge is 0.319 e. The molecule has 0 amide bonds. The zero-order valence-corrected chi connectivity index (χ0v) is 77.4. The minimum absolute atomic E-state index is 0.597. The Morgan fingerprint density at radius 2 is 0.472 bits per heavy atom. The fourth-order valence-corrected chi connectivity index (χ4v) is 21.9. The molecule has 0 N–H and O–H groups in total. The van der Waals surface area contributed by atoms with Crippen LogP contribution in [-0.2, 0) is 0 Å². The number of rotatable bonds is 12. The fraction of sp³-hybridized carbons (Fsp3) is 0. The first kappa shape index (κ1) is 85.1. The molecule has 0 saturated carbocycles. The van der Waals surface area contributed by atoms with Crippen LogP contribution in [0.3, 0.4) is 0 Å². The van der Waals surface area contributed by atoms with Gasteiger partial charge in [0.15, 0.2) is 5.69 Å². The summed E-state index contributed by atoms with van der Waals surface area (Å²) in [6.45, 7) is 15.5. The van der Waals surface area contributed by atoms with Gasteiger partial charge in [0.1, 0.15) is 0 Å². The molecule has 0 aliphatic heterocycles. The van der Waals surface area contributed by atoms with Crippen LogP contribution in [-0.4, -0.2) is 27.4 Å². The number of aromatic nitrogens is 6. The Bertz CT molecular complexity index is 10100. The average molecular weight is 1830 g/mol. The zero-order valence-electron chi connectivity index (χ0n) is 77.4. The lowest BCUT2D eigenvalue weighted by Crippen LogP contribution is -1.99. The Morgan fingerprint density at radius 1 is 0.188 bits per heavy atom. The molecule has 666 valence electrons. The maximum absolute atomic E-state index is 10.0. The normalized spacial score (nSPS) is 11.3. The molecule has 6 aromatic heterocycles. The van der Waals surface area contributed by atoms with Crippen LogP contribution in [0.5, 0.6) is 0 Å². The number of nitrogens with zero attached hydrogens (tertiary/aromatic N) is 12. The van der Waals surface area contributed by atoms with E-state index in [1.54, 1.807) is 0 Å². The number of nitriles is 4. The number of benzene rings is 21. The highest BCUT2D eigenvalue weighted by Crippen LogP contribution is 2.48. The minimum atomic E-state index is 0.597. The Morgan fingerprint density at radius 3 is 0.833 bits per heavy atom. The lowest BCUT2D eigenvalue weighted by molar-refractivity contribution is 1.18. The van der Waals surface area contributed by atoms with Crippen molar-refractivity contribution >= 4 is 142 Å². The van der Waals surface area contributed by atoms with Gasteiger partial charge in [-0.1, -0.05) is 309 Å². The van der Waals surface area contributed by atoms with Crippen molar-refractivity contribution in [1.82, 2.24) is 27.4 Å². The van der Waals surface area contributed by atoms with Crippen molar-refractivity contribution in [2.45, 2.75) is 0 Å². The van der Waals surface area contributed by atoms with E-state index in [4.69, 9.17) is 13.1 Å². The first-order chi connectivity index (χ1) is 71.2. The number of fused-ring (bicyclic) bond motifs is 18. The maximum Gasteiger partial charge on any atom is 0.211 e. The van der Waals surface area contributed by atoms with Gasteiger partial charge in [-0.25, -0.2) is 9.69 Å². The summed E-state index contributed by atoms with van der Waals surface area (Å²) in [6, 6.07) is 172. The van der Waals surface area contributed by atoms with E-state index in [1.165, 1.54) is 43.4 Å². The van der Waals surface area contributed by atoms with E-state index in [-0.39, 0.29) is 0 Å². The molecule has 0 aliphatic rings. The predicted molar refractivity (Wildman–Crippen MR) is 589 cm³/mol. The maximum atomic E-state index is 10.0. The Hall–Kier alpha value is -20.6. The molecule has 27 aromatic rings. The van der Waals surface area contributed by atoms with Gasteiger partial charge in [-0.3, -0.25) is 0 Å². The molecule has 144 heavy (non-hydrogen) atoms. The van der Waals surface area contributed by atoms with Gasteiger partial charge in [-0.15, -0.1) is 0 Å². The van der Waals surface area contributed by atoms with Crippen LogP contribution in [0.25, 0.3) is 241 Å². The summed E-state index contributed by atoms with van der Waals surface area (Å²) in [5.74, 6) is 0. The second-order valence-corrected chi connectivity index (χ2v) is 35.9. The highest BCUT2D eigenvalue weighted by molar-refractivity contribution is 6.17. The van der Waals surface area contributed by atoms with Crippen molar-refractivity contribution in [3.63, 3.8) is 0 Å². The second kappa shape index (κ2) is 35.5. The van der Waals surface area contributed by atoms with E-state index < -0.39 is 0 Å². The van der Waals surface area contributed by atoms with Crippen LogP contribution in [0.4, 0.5) is 11.4 Å². The Kier molecular flexibility index (Phi) is 21.0. The number of para-hydroxylation sites is 13. The standard InChI is InChI=1S/3C44H26N4/c1-46-39-16-10-15-37-35-13-4-6-17-40(35)47(44(37)39)31-24-22-30(23-25-31)32-26-21-29(28-45)27-38(32)36-14-5-9-20-43(36)48-41-18-7-2-11-33(41)34-12-3-8-19-42(34)48;1-46-31-21-25-38-36-12-2-6-14-40(36)47(44(38)27-31)32-22-19-30(20-23-32)33-24-18-29(28-45)26-39(33)37-13-5-9-17-43(37)48-41-15-7-3-10-34(41)35-11-4-8-16-42(35)48;45-27-29-20-25-33(30-21-23-32(24-22-30)47-39-15-5-1-11-34(39)35-12-2-6-16-40(35)47)38(26-29)36-13-3-7-17-41(36)48-42-18-8-4-14-37(42)44-31(28-46)10-9-19-43(44)48/h2*2-27H;1-26H. The van der Waals surface area contributed by atoms with Crippen LogP contribution < -0.4 is 0 Å². The van der Waals surface area contributed by atoms with Crippen molar-refractivity contribution in [1.29, 1.82) is 21.0 Å². The van der Waals surface area contributed by atoms with Crippen molar-refractivity contribution < 1.29 is 0 Å². The predicted octanol–water partition coefficient (Wildman–Crippen LogP) is 34.2. The van der Waals surface area contributed by atoms with E-state index >= 15 is 0 Å². The molecule has 0 atom stereocenters. The number of hydrogen-bond donors (Lipinski definition) is 0. The molecule has 0 saturated heterocycles. The molecule has 0 fully saturated rings. The summed E-state index contributed by atoms with van der Waals surface area (Å²) >= 11 is 0. The first-order valence-electron chi connectivity index (χ1n) is 47.6.